The van der Waals surface area contributed by atoms with Crippen molar-refractivity contribution in [1.82, 2.24) is 0 Å². The predicted molar refractivity (Wildman–Crippen MR) is 74.8 cm³/mol. The smallest absolute Gasteiger partial charge is 0.167 e. The number of carbonyl (C=O) groups excluding carboxylic acids is 1. The third-order valence-corrected chi connectivity index (χ3v) is 3.01. The van der Waals surface area contributed by atoms with Crippen molar-refractivity contribution in [2.75, 3.05) is 5.73 Å². The molecule has 0 aliphatic carbocycles. The molecule has 2 aromatic carbocycles. The number of hydrogen-bond donors (Lipinski definition) is 1. The minimum Gasteiger partial charge on any atom is -0.399 e. The highest BCUT2D eigenvalue weighted by Gasteiger charge is 2.10. The normalized spacial score (nSPS) is 10.3. The number of anilines is 1. The van der Waals surface area contributed by atoms with Crippen molar-refractivity contribution in [3.8, 4) is 0 Å². The first-order chi connectivity index (χ1) is 8.56. The molecule has 0 amide bonds. The van der Waals surface area contributed by atoms with Crippen LogP contribution in [0.2, 0.25) is 0 Å². The molecule has 0 spiro atoms. The van der Waals surface area contributed by atoms with Crippen LogP contribution in [0.1, 0.15) is 27.0 Å². The molecule has 0 aliphatic rings. The van der Waals surface area contributed by atoms with E-state index in [1.165, 1.54) is 0 Å². The van der Waals surface area contributed by atoms with E-state index in [0.717, 1.165) is 22.3 Å². The third-order valence-electron chi connectivity index (χ3n) is 3.01. The first-order valence-corrected chi connectivity index (χ1v) is 6.01. The van der Waals surface area contributed by atoms with Gasteiger partial charge in [-0.25, -0.2) is 0 Å². The Morgan fingerprint density at radius 2 is 1.89 bits per heavy atom. The molecule has 92 valence electrons. The van der Waals surface area contributed by atoms with Crippen molar-refractivity contribution < 1.29 is 4.79 Å². The molecule has 0 bridgehead atoms. The number of benzene rings is 2. The second kappa shape index (κ2) is 5.05. The van der Waals surface area contributed by atoms with E-state index < -0.39 is 0 Å². The zero-order valence-electron chi connectivity index (χ0n) is 10.7. The van der Waals surface area contributed by atoms with E-state index in [1.54, 1.807) is 0 Å². The zero-order chi connectivity index (χ0) is 13.1. The Bertz CT molecular complexity index is 587. The quantitative estimate of drug-likeness (QED) is 0.659. The maximum Gasteiger partial charge on any atom is 0.167 e. The van der Waals surface area contributed by atoms with Crippen molar-refractivity contribution in [1.29, 1.82) is 0 Å². The summed E-state index contributed by atoms with van der Waals surface area (Å²) in [5, 5.41) is 0. The molecule has 0 heterocycles. The molecule has 0 unspecified atom stereocenters. The molecule has 0 aliphatic heterocycles. The van der Waals surface area contributed by atoms with E-state index in [4.69, 9.17) is 5.73 Å². The molecule has 0 saturated carbocycles. The van der Waals surface area contributed by atoms with Crippen LogP contribution in [0.25, 0.3) is 0 Å². The van der Waals surface area contributed by atoms with Crippen LogP contribution in [0, 0.1) is 13.8 Å². The molecular weight excluding hydrogens is 222 g/mol. The monoisotopic (exact) mass is 239 g/mol. The highest BCUT2D eigenvalue weighted by atomic mass is 16.1. The molecule has 2 heteroatoms. The lowest BCUT2D eigenvalue weighted by molar-refractivity contribution is 0.0992. The maximum atomic E-state index is 12.3. The second-order valence-electron chi connectivity index (χ2n) is 4.66. The molecule has 2 N–H and O–H groups in total. The predicted octanol–water partition coefficient (Wildman–Crippen LogP) is 3.31. The third kappa shape index (κ3) is 2.77. The minimum atomic E-state index is 0.141. The fourth-order valence-corrected chi connectivity index (χ4v) is 2.02. The molecule has 2 rings (SSSR count). The largest absolute Gasteiger partial charge is 0.399 e. The topological polar surface area (TPSA) is 43.1 Å². The van der Waals surface area contributed by atoms with Crippen LogP contribution in [0.5, 0.6) is 0 Å². The summed E-state index contributed by atoms with van der Waals surface area (Å²) in [7, 11) is 0. The fourth-order valence-electron chi connectivity index (χ4n) is 2.02. The van der Waals surface area contributed by atoms with Gasteiger partial charge in [-0.1, -0.05) is 29.8 Å². The van der Waals surface area contributed by atoms with Crippen molar-refractivity contribution in [3.05, 3.63) is 64.7 Å². The minimum absolute atomic E-state index is 0.141. The van der Waals surface area contributed by atoms with Gasteiger partial charge >= 0.3 is 0 Å². The Kier molecular flexibility index (Phi) is 3.47. The summed E-state index contributed by atoms with van der Waals surface area (Å²) >= 11 is 0. The Labute approximate surface area is 107 Å². The van der Waals surface area contributed by atoms with Gasteiger partial charge in [0, 0.05) is 17.7 Å². The van der Waals surface area contributed by atoms with Crippen LogP contribution in [0.4, 0.5) is 5.69 Å². The van der Waals surface area contributed by atoms with Crippen molar-refractivity contribution in [3.63, 3.8) is 0 Å². The maximum absolute atomic E-state index is 12.3. The summed E-state index contributed by atoms with van der Waals surface area (Å²) in [6, 6.07) is 13.4. The molecule has 0 atom stereocenters. The van der Waals surface area contributed by atoms with Crippen LogP contribution >= 0.6 is 0 Å². The second-order valence-corrected chi connectivity index (χ2v) is 4.66. The number of ketones is 1. The molecule has 2 nitrogen and oxygen atoms in total. The van der Waals surface area contributed by atoms with E-state index in [-0.39, 0.29) is 5.78 Å². The number of carbonyl (C=O) groups is 1. The van der Waals surface area contributed by atoms with Gasteiger partial charge in [-0.15, -0.1) is 0 Å². The van der Waals surface area contributed by atoms with Gasteiger partial charge in [0.2, 0.25) is 0 Å². The first-order valence-electron chi connectivity index (χ1n) is 6.01. The zero-order valence-corrected chi connectivity index (χ0v) is 10.7. The summed E-state index contributed by atoms with van der Waals surface area (Å²) < 4.78 is 0. The molecule has 18 heavy (non-hydrogen) atoms. The highest BCUT2D eigenvalue weighted by molar-refractivity contribution is 5.99. The lowest BCUT2D eigenvalue weighted by atomic mass is 9.97. The molecule has 0 aromatic heterocycles. The standard InChI is InChI=1S/C16H17NO/c1-11-6-7-12(2)15(8-11)16(18)10-13-4-3-5-14(17)9-13/h3-9H,10,17H2,1-2H3. The molecule has 0 fully saturated rings. The molecule has 2 aromatic rings. The highest BCUT2D eigenvalue weighted by Crippen LogP contribution is 2.15. The lowest BCUT2D eigenvalue weighted by Gasteiger charge is -2.07. The Morgan fingerprint density at radius 3 is 2.61 bits per heavy atom. The first kappa shape index (κ1) is 12.4. The van der Waals surface area contributed by atoms with Gasteiger partial charge in [0.15, 0.2) is 5.78 Å². The van der Waals surface area contributed by atoms with Gasteiger partial charge in [-0.2, -0.15) is 0 Å². The van der Waals surface area contributed by atoms with Gasteiger partial charge in [0.1, 0.15) is 0 Å². The molecule has 0 radical (unpaired) electrons. The number of Topliss-reactive ketones (excluding diaryl/α,β-unsaturated/α-hetero) is 1. The molecule has 0 saturated heterocycles. The number of aryl methyl sites for hydroxylation is 2. The fraction of sp³-hybridized carbons (Fsp3) is 0.188. The molecular formula is C16H17NO. The van der Waals surface area contributed by atoms with Gasteiger partial charge in [-0.3, -0.25) is 4.79 Å². The average Bonchev–Trinajstić information content (AvgIpc) is 2.32. The van der Waals surface area contributed by atoms with Crippen LogP contribution in [-0.4, -0.2) is 5.78 Å². The lowest BCUT2D eigenvalue weighted by Crippen LogP contribution is -2.06. The van der Waals surface area contributed by atoms with E-state index in [0.29, 0.717) is 12.1 Å². The van der Waals surface area contributed by atoms with Crippen LogP contribution < -0.4 is 5.73 Å². The summed E-state index contributed by atoms with van der Waals surface area (Å²) in [5.74, 6) is 0.141. The van der Waals surface area contributed by atoms with Gasteiger partial charge in [-0.05, 0) is 43.2 Å². The SMILES string of the molecule is Cc1ccc(C)c(C(=O)Cc2cccc(N)c2)c1. The number of nitrogen functional groups attached to an aromatic ring is 1. The van der Waals surface area contributed by atoms with Crippen LogP contribution in [-0.2, 0) is 6.42 Å². The summed E-state index contributed by atoms with van der Waals surface area (Å²) in [6.45, 7) is 3.96. The number of rotatable bonds is 3. The number of hydrogen-bond acceptors (Lipinski definition) is 2. The van der Waals surface area contributed by atoms with Gasteiger partial charge in [0.05, 0.1) is 0 Å². The summed E-state index contributed by atoms with van der Waals surface area (Å²) in [5.41, 5.74) is 10.3. The Morgan fingerprint density at radius 1 is 1.11 bits per heavy atom. The van der Waals surface area contributed by atoms with E-state index in [2.05, 4.69) is 0 Å². The average molecular weight is 239 g/mol. The summed E-state index contributed by atoms with van der Waals surface area (Å²) in [4.78, 5) is 12.3. The van der Waals surface area contributed by atoms with Crippen molar-refractivity contribution >= 4 is 11.5 Å². The Balaban J connectivity index is 2.24. The van der Waals surface area contributed by atoms with E-state index in [9.17, 15) is 4.79 Å². The van der Waals surface area contributed by atoms with Crippen LogP contribution in [0.15, 0.2) is 42.5 Å². The van der Waals surface area contributed by atoms with Crippen LogP contribution in [0.3, 0.4) is 0 Å². The van der Waals surface area contributed by atoms with Gasteiger partial charge < -0.3 is 5.73 Å². The van der Waals surface area contributed by atoms with Crippen molar-refractivity contribution in [2.45, 2.75) is 20.3 Å². The van der Waals surface area contributed by atoms with E-state index in [1.807, 2.05) is 56.3 Å². The van der Waals surface area contributed by atoms with Crippen molar-refractivity contribution in [2.24, 2.45) is 0 Å². The summed E-state index contributed by atoms with van der Waals surface area (Å²) in [6.07, 6.45) is 0.398. The van der Waals surface area contributed by atoms with Gasteiger partial charge in [0.25, 0.3) is 0 Å². The van der Waals surface area contributed by atoms with E-state index >= 15 is 0 Å². The number of nitrogens with two attached hydrogens (primary N) is 1. The Hall–Kier alpha value is -2.09.